The van der Waals surface area contributed by atoms with Gasteiger partial charge in [0.15, 0.2) is 5.75 Å². The standard InChI is InChI=1S/C28H24N4O5/c1-17-4-3-12-31(28(17)34)13-11-18-5-9-22-24(14-18)30-27(33)21-8-6-19(15-23(21)29-22)20-7-10-25(32(35)36)26(16-20)37-2/h3-10,12,14-16,29H,11,13H2,1-2H3,(H,30,33). The van der Waals surface area contributed by atoms with Crippen molar-refractivity contribution in [3.8, 4) is 16.9 Å². The second-order valence-corrected chi connectivity index (χ2v) is 8.80. The highest BCUT2D eigenvalue weighted by Crippen LogP contribution is 2.37. The number of methoxy groups -OCH3 is 1. The van der Waals surface area contributed by atoms with Crippen molar-refractivity contribution < 1.29 is 14.5 Å². The summed E-state index contributed by atoms with van der Waals surface area (Å²) in [5.74, 6) is -0.0879. The Morgan fingerprint density at radius 2 is 1.70 bits per heavy atom. The van der Waals surface area contributed by atoms with Gasteiger partial charge in [0.05, 0.1) is 34.7 Å². The van der Waals surface area contributed by atoms with E-state index in [4.69, 9.17) is 4.74 Å². The minimum Gasteiger partial charge on any atom is -0.490 e. The van der Waals surface area contributed by atoms with Crippen LogP contribution >= 0.6 is 0 Å². The number of carbonyl (C=O) groups is 1. The van der Waals surface area contributed by atoms with E-state index in [2.05, 4.69) is 10.6 Å². The number of hydrogen-bond donors (Lipinski definition) is 2. The molecule has 1 aliphatic rings. The Morgan fingerprint density at radius 3 is 2.49 bits per heavy atom. The minimum atomic E-state index is -0.490. The molecular weight excluding hydrogens is 472 g/mol. The van der Waals surface area contributed by atoms with Crippen LogP contribution in [0.2, 0.25) is 0 Å². The number of aryl methyl sites for hydroxylation is 3. The van der Waals surface area contributed by atoms with Crippen molar-refractivity contribution >= 4 is 28.7 Å². The molecule has 2 N–H and O–H groups in total. The van der Waals surface area contributed by atoms with E-state index < -0.39 is 4.92 Å². The van der Waals surface area contributed by atoms with Crippen molar-refractivity contribution in [2.45, 2.75) is 19.9 Å². The van der Waals surface area contributed by atoms with Crippen LogP contribution in [0.3, 0.4) is 0 Å². The van der Waals surface area contributed by atoms with Gasteiger partial charge in [0.1, 0.15) is 0 Å². The average Bonchev–Trinajstić information content (AvgIpc) is 3.03. The van der Waals surface area contributed by atoms with Gasteiger partial charge in [-0.15, -0.1) is 0 Å². The van der Waals surface area contributed by atoms with Gasteiger partial charge in [0.25, 0.3) is 11.5 Å². The first kappa shape index (κ1) is 23.8. The molecule has 0 saturated heterocycles. The van der Waals surface area contributed by atoms with Gasteiger partial charge in [0, 0.05) is 24.4 Å². The van der Waals surface area contributed by atoms with E-state index in [0.717, 1.165) is 22.4 Å². The molecule has 2 heterocycles. The number of hydrogen-bond acceptors (Lipinski definition) is 6. The number of aromatic nitrogens is 1. The number of ether oxygens (including phenoxy) is 1. The van der Waals surface area contributed by atoms with Gasteiger partial charge in [0.2, 0.25) is 0 Å². The predicted molar refractivity (Wildman–Crippen MR) is 142 cm³/mol. The van der Waals surface area contributed by atoms with E-state index in [1.807, 2.05) is 30.3 Å². The normalized spacial score (nSPS) is 12.0. The van der Waals surface area contributed by atoms with E-state index in [-0.39, 0.29) is 22.9 Å². The molecule has 0 saturated carbocycles. The van der Waals surface area contributed by atoms with Gasteiger partial charge < -0.3 is 19.9 Å². The van der Waals surface area contributed by atoms with Crippen LogP contribution < -0.4 is 20.9 Å². The fraction of sp³-hybridized carbons (Fsp3) is 0.143. The number of nitrogens with zero attached hydrogens (tertiary/aromatic N) is 2. The molecule has 1 aromatic heterocycles. The summed E-state index contributed by atoms with van der Waals surface area (Å²) in [5.41, 5.74) is 5.53. The molecule has 0 aliphatic carbocycles. The Labute approximate surface area is 212 Å². The number of amides is 1. The summed E-state index contributed by atoms with van der Waals surface area (Å²) in [7, 11) is 1.39. The molecule has 0 atom stereocenters. The van der Waals surface area contributed by atoms with Crippen LogP contribution in [0.25, 0.3) is 11.1 Å². The molecule has 9 heteroatoms. The fourth-order valence-corrected chi connectivity index (χ4v) is 4.41. The van der Waals surface area contributed by atoms with Crippen molar-refractivity contribution in [3.05, 3.63) is 110 Å². The van der Waals surface area contributed by atoms with E-state index >= 15 is 0 Å². The first-order chi connectivity index (χ1) is 17.8. The van der Waals surface area contributed by atoms with Gasteiger partial charge in [-0.05, 0) is 72.5 Å². The molecule has 0 spiro atoms. The Kier molecular flexibility index (Phi) is 6.19. The lowest BCUT2D eigenvalue weighted by Gasteiger charge is -2.12. The average molecular weight is 497 g/mol. The molecule has 0 bridgehead atoms. The number of fused-ring (bicyclic) bond motifs is 2. The summed E-state index contributed by atoms with van der Waals surface area (Å²) in [6, 6.07) is 19.4. The van der Waals surface area contributed by atoms with Crippen LogP contribution in [0, 0.1) is 17.0 Å². The molecular formula is C28H24N4O5. The summed E-state index contributed by atoms with van der Waals surface area (Å²) in [6.45, 7) is 2.33. The Hall–Kier alpha value is -4.92. The van der Waals surface area contributed by atoms with Crippen molar-refractivity contribution in [1.82, 2.24) is 4.57 Å². The topological polar surface area (TPSA) is 116 Å². The van der Waals surface area contributed by atoms with E-state index in [1.54, 1.807) is 48.0 Å². The van der Waals surface area contributed by atoms with Gasteiger partial charge in [-0.25, -0.2) is 0 Å². The molecule has 37 heavy (non-hydrogen) atoms. The molecule has 3 aromatic carbocycles. The monoisotopic (exact) mass is 496 g/mol. The molecule has 0 radical (unpaired) electrons. The Morgan fingerprint density at radius 1 is 0.919 bits per heavy atom. The number of pyridine rings is 1. The van der Waals surface area contributed by atoms with E-state index in [9.17, 15) is 19.7 Å². The number of nitrogens with one attached hydrogen (secondary N) is 2. The summed E-state index contributed by atoms with van der Waals surface area (Å²) >= 11 is 0. The zero-order valence-corrected chi connectivity index (χ0v) is 20.3. The lowest BCUT2D eigenvalue weighted by molar-refractivity contribution is -0.385. The number of benzene rings is 3. The third-order valence-electron chi connectivity index (χ3n) is 6.43. The van der Waals surface area contributed by atoms with Crippen LogP contribution in [0.5, 0.6) is 5.75 Å². The molecule has 1 aliphatic heterocycles. The van der Waals surface area contributed by atoms with Gasteiger partial charge >= 0.3 is 5.69 Å². The Bertz CT molecular complexity index is 1610. The molecule has 5 rings (SSSR count). The minimum absolute atomic E-state index is 0.0101. The Balaban J connectivity index is 1.42. The summed E-state index contributed by atoms with van der Waals surface area (Å²) in [6.07, 6.45) is 2.41. The van der Waals surface area contributed by atoms with Crippen molar-refractivity contribution in [2.24, 2.45) is 0 Å². The van der Waals surface area contributed by atoms with Crippen LogP contribution in [0.4, 0.5) is 22.7 Å². The van der Waals surface area contributed by atoms with Crippen LogP contribution in [-0.2, 0) is 13.0 Å². The van der Waals surface area contributed by atoms with Crippen molar-refractivity contribution in [3.63, 3.8) is 0 Å². The van der Waals surface area contributed by atoms with Gasteiger partial charge in [-0.1, -0.05) is 18.2 Å². The number of nitro benzene ring substituents is 1. The van der Waals surface area contributed by atoms with Gasteiger partial charge in [-0.2, -0.15) is 0 Å². The second-order valence-electron chi connectivity index (χ2n) is 8.80. The summed E-state index contributed by atoms with van der Waals surface area (Å²) in [4.78, 5) is 36.1. The first-order valence-electron chi connectivity index (χ1n) is 11.7. The third kappa shape index (κ3) is 4.66. The quantitative estimate of drug-likeness (QED) is 0.277. The number of rotatable bonds is 6. The maximum atomic E-state index is 13.0. The summed E-state index contributed by atoms with van der Waals surface area (Å²) in [5, 5.41) is 17.5. The molecule has 9 nitrogen and oxygen atoms in total. The maximum absolute atomic E-state index is 13.0. The molecule has 4 aromatic rings. The third-order valence-corrected chi connectivity index (χ3v) is 6.43. The lowest BCUT2D eigenvalue weighted by Crippen LogP contribution is -2.22. The van der Waals surface area contributed by atoms with E-state index in [0.29, 0.717) is 35.5 Å². The van der Waals surface area contributed by atoms with Crippen molar-refractivity contribution in [1.29, 1.82) is 0 Å². The highest BCUT2D eigenvalue weighted by Gasteiger charge is 2.21. The maximum Gasteiger partial charge on any atom is 0.310 e. The highest BCUT2D eigenvalue weighted by atomic mass is 16.6. The molecule has 0 unspecified atom stereocenters. The van der Waals surface area contributed by atoms with Crippen LogP contribution in [-0.4, -0.2) is 22.5 Å². The first-order valence-corrected chi connectivity index (χ1v) is 11.7. The van der Waals surface area contributed by atoms with Crippen molar-refractivity contribution in [2.75, 3.05) is 17.7 Å². The highest BCUT2D eigenvalue weighted by molar-refractivity contribution is 6.12. The SMILES string of the molecule is COc1cc(-c2ccc3c(c2)Nc2ccc(CCn4cccc(C)c4=O)cc2NC3=O)ccc1[N+](=O)[O-]. The largest absolute Gasteiger partial charge is 0.490 e. The smallest absolute Gasteiger partial charge is 0.310 e. The lowest BCUT2D eigenvalue weighted by atomic mass is 10.0. The fourth-order valence-electron chi connectivity index (χ4n) is 4.41. The van der Waals surface area contributed by atoms with E-state index in [1.165, 1.54) is 13.2 Å². The summed E-state index contributed by atoms with van der Waals surface area (Å²) < 4.78 is 6.88. The van der Waals surface area contributed by atoms with Gasteiger partial charge in [-0.3, -0.25) is 19.7 Å². The molecule has 0 fully saturated rings. The second kappa shape index (κ2) is 9.62. The van der Waals surface area contributed by atoms with Crippen LogP contribution in [0.15, 0.2) is 77.7 Å². The molecule has 186 valence electrons. The van der Waals surface area contributed by atoms with Crippen LogP contribution in [0.1, 0.15) is 21.5 Å². The zero-order valence-electron chi connectivity index (χ0n) is 20.3. The predicted octanol–water partition coefficient (Wildman–Crippen LogP) is 5.29. The number of carbonyl (C=O) groups excluding carboxylic acids is 1. The molecule has 1 amide bonds. The number of anilines is 3. The number of nitro groups is 1. The zero-order chi connectivity index (χ0) is 26.1.